The number of hydrogen-bond donors (Lipinski definition) is 0. The Bertz CT molecular complexity index is 568. The molecule has 0 aliphatic rings. The molecule has 3 nitrogen and oxygen atoms in total. The van der Waals surface area contributed by atoms with Crippen LogP contribution >= 0.6 is 0 Å². The second-order valence-corrected chi connectivity index (χ2v) is 4.46. The van der Waals surface area contributed by atoms with E-state index in [1.54, 1.807) is 12.1 Å². The second-order valence-electron chi connectivity index (χ2n) is 4.46. The van der Waals surface area contributed by atoms with E-state index in [4.69, 9.17) is 0 Å². The lowest BCUT2D eigenvalue weighted by Crippen LogP contribution is -2.23. The van der Waals surface area contributed by atoms with E-state index < -0.39 is 0 Å². The van der Waals surface area contributed by atoms with Gasteiger partial charge in [-0.15, -0.1) is 0 Å². The predicted molar refractivity (Wildman–Crippen MR) is 69.1 cm³/mol. The lowest BCUT2D eigenvalue weighted by molar-refractivity contribution is 0.505. The highest BCUT2D eigenvalue weighted by Gasteiger charge is 2.05. The van der Waals surface area contributed by atoms with Crippen molar-refractivity contribution in [3.8, 4) is 11.3 Å². The number of hydrogen-bond acceptors (Lipinski definition) is 2. The van der Waals surface area contributed by atoms with Gasteiger partial charge < -0.3 is 0 Å². The van der Waals surface area contributed by atoms with E-state index >= 15 is 0 Å². The quantitative estimate of drug-likeness (QED) is 0.792. The third-order valence-corrected chi connectivity index (χ3v) is 2.66. The van der Waals surface area contributed by atoms with Crippen LogP contribution in [0, 0.1) is 6.92 Å². The molecule has 0 atom stereocenters. The summed E-state index contributed by atoms with van der Waals surface area (Å²) in [4.78, 5) is 11.6. The van der Waals surface area contributed by atoms with Gasteiger partial charge in [-0.2, -0.15) is 5.10 Å². The van der Waals surface area contributed by atoms with E-state index in [9.17, 15) is 4.79 Å². The molecule has 1 aromatic heterocycles. The molecule has 0 fully saturated rings. The molecule has 2 aromatic rings. The molecule has 0 bridgehead atoms. The third-order valence-electron chi connectivity index (χ3n) is 2.66. The van der Waals surface area contributed by atoms with Gasteiger partial charge in [-0.05, 0) is 26.8 Å². The highest BCUT2D eigenvalue weighted by molar-refractivity contribution is 5.58. The zero-order chi connectivity index (χ0) is 12.4. The fraction of sp³-hybridized carbons (Fsp3) is 0.286. The summed E-state index contributed by atoms with van der Waals surface area (Å²) in [6.07, 6.45) is 0. The van der Waals surface area contributed by atoms with Crippen molar-refractivity contribution in [2.24, 2.45) is 0 Å². The average molecular weight is 228 g/mol. The molecule has 0 radical (unpaired) electrons. The van der Waals surface area contributed by atoms with Crippen LogP contribution in [0.5, 0.6) is 0 Å². The van der Waals surface area contributed by atoms with Crippen molar-refractivity contribution in [2.75, 3.05) is 0 Å². The molecule has 88 valence electrons. The Kier molecular flexibility index (Phi) is 3.09. The molecule has 0 saturated carbocycles. The first-order valence-corrected chi connectivity index (χ1v) is 5.75. The molecule has 0 aliphatic heterocycles. The standard InChI is InChI=1S/C14H16N2O/c1-10(2)16-14(17)9-8-13(15-16)12-6-4-11(3)5-7-12/h4-10H,1-3H3. The number of aryl methyl sites for hydroxylation is 1. The summed E-state index contributed by atoms with van der Waals surface area (Å²) in [5.41, 5.74) is 3.02. The summed E-state index contributed by atoms with van der Waals surface area (Å²) in [7, 11) is 0. The lowest BCUT2D eigenvalue weighted by atomic mass is 10.1. The zero-order valence-electron chi connectivity index (χ0n) is 10.3. The molecule has 2 rings (SSSR count). The summed E-state index contributed by atoms with van der Waals surface area (Å²) in [6.45, 7) is 5.95. The summed E-state index contributed by atoms with van der Waals surface area (Å²) < 4.78 is 1.51. The van der Waals surface area contributed by atoms with E-state index in [-0.39, 0.29) is 11.6 Å². The minimum absolute atomic E-state index is 0.0594. The third kappa shape index (κ3) is 2.44. The Labute approximate surface area is 101 Å². The molecule has 1 heterocycles. The molecule has 0 spiro atoms. The first-order chi connectivity index (χ1) is 8.08. The van der Waals surface area contributed by atoms with Crippen LogP contribution in [-0.2, 0) is 0 Å². The van der Waals surface area contributed by atoms with Crippen LogP contribution < -0.4 is 5.56 Å². The summed E-state index contributed by atoms with van der Waals surface area (Å²) in [6, 6.07) is 11.5. The normalized spacial score (nSPS) is 10.8. The molecule has 0 saturated heterocycles. The molecule has 0 unspecified atom stereocenters. The van der Waals surface area contributed by atoms with Gasteiger partial charge in [0.1, 0.15) is 0 Å². The monoisotopic (exact) mass is 228 g/mol. The molecule has 3 heteroatoms. The van der Waals surface area contributed by atoms with Crippen LogP contribution in [0.1, 0.15) is 25.5 Å². The Morgan fingerprint density at radius 2 is 1.71 bits per heavy atom. The Balaban J connectivity index is 2.50. The zero-order valence-corrected chi connectivity index (χ0v) is 10.3. The van der Waals surface area contributed by atoms with Crippen molar-refractivity contribution in [1.29, 1.82) is 0 Å². The minimum Gasteiger partial charge on any atom is -0.268 e. The van der Waals surface area contributed by atoms with Crippen LogP contribution in [0.2, 0.25) is 0 Å². The van der Waals surface area contributed by atoms with Crippen molar-refractivity contribution >= 4 is 0 Å². The van der Waals surface area contributed by atoms with Crippen molar-refractivity contribution in [2.45, 2.75) is 26.8 Å². The van der Waals surface area contributed by atoms with Crippen molar-refractivity contribution in [3.63, 3.8) is 0 Å². The van der Waals surface area contributed by atoms with E-state index in [1.807, 2.05) is 45.0 Å². The molecule has 1 aromatic carbocycles. The molecular formula is C14H16N2O. The number of benzene rings is 1. The van der Waals surface area contributed by atoms with E-state index in [0.29, 0.717) is 0 Å². The van der Waals surface area contributed by atoms with E-state index in [1.165, 1.54) is 10.2 Å². The molecule has 0 amide bonds. The summed E-state index contributed by atoms with van der Waals surface area (Å²) in [5, 5.41) is 4.38. The van der Waals surface area contributed by atoms with Gasteiger partial charge >= 0.3 is 0 Å². The van der Waals surface area contributed by atoms with Crippen LogP contribution in [-0.4, -0.2) is 9.78 Å². The molecule has 0 N–H and O–H groups in total. The predicted octanol–water partition coefficient (Wildman–Crippen LogP) is 2.80. The topological polar surface area (TPSA) is 34.9 Å². The average Bonchev–Trinajstić information content (AvgIpc) is 2.30. The highest BCUT2D eigenvalue weighted by Crippen LogP contribution is 2.16. The Hall–Kier alpha value is -1.90. The summed E-state index contributed by atoms with van der Waals surface area (Å²) >= 11 is 0. The van der Waals surface area contributed by atoms with Gasteiger partial charge in [0.2, 0.25) is 0 Å². The van der Waals surface area contributed by atoms with Gasteiger partial charge in [0.05, 0.1) is 11.7 Å². The van der Waals surface area contributed by atoms with Crippen molar-refractivity contribution < 1.29 is 0 Å². The van der Waals surface area contributed by atoms with Crippen LogP contribution in [0.15, 0.2) is 41.2 Å². The molecular weight excluding hydrogens is 212 g/mol. The number of nitrogens with zero attached hydrogens (tertiary/aromatic N) is 2. The van der Waals surface area contributed by atoms with Gasteiger partial charge in [-0.1, -0.05) is 29.8 Å². The first kappa shape index (κ1) is 11.6. The van der Waals surface area contributed by atoms with E-state index in [0.717, 1.165) is 11.3 Å². The molecule has 17 heavy (non-hydrogen) atoms. The smallest absolute Gasteiger partial charge is 0.267 e. The first-order valence-electron chi connectivity index (χ1n) is 5.75. The number of aromatic nitrogens is 2. The fourth-order valence-corrected chi connectivity index (χ4v) is 1.67. The van der Waals surface area contributed by atoms with Crippen LogP contribution in [0.25, 0.3) is 11.3 Å². The number of rotatable bonds is 2. The maximum Gasteiger partial charge on any atom is 0.267 e. The largest absolute Gasteiger partial charge is 0.268 e. The van der Waals surface area contributed by atoms with Crippen molar-refractivity contribution in [3.05, 3.63) is 52.3 Å². The van der Waals surface area contributed by atoms with Gasteiger partial charge in [0, 0.05) is 11.6 Å². The molecule has 0 aliphatic carbocycles. The second kappa shape index (κ2) is 4.53. The highest BCUT2D eigenvalue weighted by atomic mass is 16.1. The van der Waals surface area contributed by atoms with Gasteiger partial charge in [0.25, 0.3) is 5.56 Å². The van der Waals surface area contributed by atoms with Crippen LogP contribution in [0.3, 0.4) is 0 Å². The van der Waals surface area contributed by atoms with Crippen molar-refractivity contribution in [1.82, 2.24) is 9.78 Å². The Morgan fingerprint density at radius 1 is 1.06 bits per heavy atom. The lowest BCUT2D eigenvalue weighted by Gasteiger charge is -2.10. The van der Waals surface area contributed by atoms with E-state index in [2.05, 4.69) is 5.10 Å². The maximum atomic E-state index is 11.6. The Morgan fingerprint density at radius 3 is 2.29 bits per heavy atom. The van der Waals surface area contributed by atoms with Gasteiger partial charge in [-0.25, -0.2) is 4.68 Å². The maximum absolute atomic E-state index is 11.6. The fourth-order valence-electron chi connectivity index (χ4n) is 1.67. The van der Waals surface area contributed by atoms with Gasteiger partial charge in [0.15, 0.2) is 0 Å². The van der Waals surface area contributed by atoms with Gasteiger partial charge in [-0.3, -0.25) is 4.79 Å². The SMILES string of the molecule is Cc1ccc(-c2ccc(=O)n(C(C)C)n2)cc1. The van der Waals surface area contributed by atoms with Crippen LogP contribution in [0.4, 0.5) is 0 Å². The summed E-state index contributed by atoms with van der Waals surface area (Å²) in [5.74, 6) is 0. The minimum atomic E-state index is -0.0594.